The van der Waals surface area contributed by atoms with Crippen molar-refractivity contribution in [3.8, 4) is 0 Å². The maximum Gasteiger partial charge on any atom is 0.256 e. The summed E-state index contributed by atoms with van der Waals surface area (Å²) in [5, 5.41) is 8.36. The topological polar surface area (TPSA) is 93.9 Å². The molecule has 1 saturated heterocycles. The van der Waals surface area contributed by atoms with Crippen LogP contribution in [0.2, 0.25) is 0 Å². The molecule has 0 spiro atoms. The van der Waals surface area contributed by atoms with Gasteiger partial charge in [-0.1, -0.05) is 6.07 Å². The van der Waals surface area contributed by atoms with Gasteiger partial charge in [0.25, 0.3) is 5.91 Å². The van der Waals surface area contributed by atoms with E-state index in [1.54, 1.807) is 16.4 Å². The van der Waals surface area contributed by atoms with Crippen molar-refractivity contribution in [1.82, 2.24) is 14.8 Å². The number of pyridine rings is 1. The Morgan fingerprint density at radius 3 is 2.71 bits per heavy atom. The lowest BCUT2D eigenvalue weighted by Crippen LogP contribution is -2.15. The second-order valence-corrected chi connectivity index (χ2v) is 11.4. The summed E-state index contributed by atoms with van der Waals surface area (Å²) >= 11 is 1.62. The van der Waals surface area contributed by atoms with E-state index < -0.39 is 9.84 Å². The summed E-state index contributed by atoms with van der Waals surface area (Å²) in [6.45, 7) is 1.85. The Labute approximate surface area is 185 Å². The Hall–Kier alpha value is -2.39. The van der Waals surface area contributed by atoms with E-state index in [0.717, 1.165) is 29.1 Å². The normalized spacial score (nSPS) is 20.3. The molecule has 1 atom stereocenters. The molecule has 5 rings (SSSR count). The number of carbonyl (C=O) groups is 1. The fourth-order valence-electron chi connectivity index (χ4n) is 4.22. The first-order valence-electron chi connectivity index (χ1n) is 10.4. The van der Waals surface area contributed by atoms with Crippen molar-refractivity contribution in [3.05, 3.63) is 47.3 Å². The molecule has 3 heterocycles. The van der Waals surface area contributed by atoms with Gasteiger partial charge in [0, 0.05) is 22.2 Å². The van der Waals surface area contributed by atoms with E-state index in [4.69, 9.17) is 4.98 Å². The maximum atomic E-state index is 13.3. The van der Waals surface area contributed by atoms with Crippen LogP contribution in [-0.4, -0.2) is 46.9 Å². The van der Waals surface area contributed by atoms with Crippen molar-refractivity contribution in [2.75, 3.05) is 23.1 Å². The molecule has 2 aliphatic rings. The number of thioether (sulfide) groups is 1. The number of nitrogens with zero attached hydrogens (tertiary/aromatic N) is 3. The van der Waals surface area contributed by atoms with Crippen LogP contribution < -0.4 is 5.32 Å². The van der Waals surface area contributed by atoms with Crippen LogP contribution in [0, 0.1) is 6.92 Å². The fraction of sp³-hybridized carbons (Fsp3) is 0.409. The number of hydrogen-bond acceptors (Lipinski definition) is 6. The van der Waals surface area contributed by atoms with E-state index >= 15 is 0 Å². The van der Waals surface area contributed by atoms with E-state index in [1.165, 1.54) is 0 Å². The van der Waals surface area contributed by atoms with Crippen LogP contribution in [0.5, 0.6) is 0 Å². The number of sulfone groups is 1. The second kappa shape index (κ2) is 7.63. The molecule has 2 fully saturated rings. The van der Waals surface area contributed by atoms with Crippen LogP contribution in [0.3, 0.4) is 0 Å². The third-order valence-corrected chi connectivity index (χ3v) is 8.45. The summed E-state index contributed by atoms with van der Waals surface area (Å²) in [7, 11) is -3.06. The van der Waals surface area contributed by atoms with Crippen molar-refractivity contribution < 1.29 is 13.2 Å². The molecule has 7 nitrogen and oxygen atoms in total. The molecular weight excluding hydrogens is 432 g/mol. The Morgan fingerprint density at radius 1 is 1.23 bits per heavy atom. The molecule has 0 radical (unpaired) electrons. The zero-order valence-corrected chi connectivity index (χ0v) is 19.1. The molecule has 1 amide bonds. The minimum Gasteiger partial charge on any atom is -0.322 e. The molecule has 1 aliphatic heterocycles. The van der Waals surface area contributed by atoms with Gasteiger partial charge in [-0.05, 0) is 56.7 Å². The monoisotopic (exact) mass is 456 g/mol. The Morgan fingerprint density at radius 2 is 2.03 bits per heavy atom. The molecule has 0 unspecified atom stereocenters. The van der Waals surface area contributed by atoms with Gasteiger partial charge in [-0.25, -0.2) is 18.1 Å². The minimum absolute atomic E-state index is 0.0710. The van der Waals surface area contributed by atoms with Crippen LogP contribution in [0.4, 0.5) is 5.69 Å². The summed E-state index contributed by atoms with van der Waals surface area (Å²) in [6, 6.07) is 9.39. The predicted molar refractivity (Wildman–Crippen MR) is 123 cm³/mol. The Balaban J connectivity index is 1.59. The molecular formula is C22H24N4O3S2. The summed E-state index contributed by atoms with van der Waals surface area (Å²) in [5.41, 5.74) is 3.48. The standard InChI is InChI=1S/C22H24N4O3S2/c1-13-20-18(22(27)23-15-4-3-5-17(10-15)30-2)11-19(14-6-7-14)24-21(20)26(25-13)16-8-9-31(28,29)12-16/h3-5,10-11,14,16H,6-9,12H2,1-2H3,(H,23,27)/t16-/m1/s1. The molecule has 1 aromatic carbocycles. The van der Waals surface area contributed by atoms with Gasteiger partial charge in [0.1, 0.15) is 0 Å². The molecule has 162 valence electrons. The second-order valence-electron chi connectivity index (χ2n) is 8.34. The van der Waals surface area contributed by atoms with Gasteiger partial charge >= 0.3 is 0 Å². The number of nitrogens with one attached hydrogen (secondary N) is 1. The molecule has 31 heavy (non-hydrogen) atoms. The van der Waals surface area contributed by atoms with Gasteiger partial charge in [-0.3, -0.25) is 4.79 Å². The maximum absolute atomic E-state index is 13.3. The van der Waals surface area contributed by atoms with Gasteiger partial charge in [0.2, 0.25) is 0 Å². The lowest BCUT2D eigenvalue weighted by Gasteiger charge is -2.12. The van der Waals surface area contributed by atoms with E-state index in [2.05, 4.69) is 10.4 Å². The highest BCUT2D eigenvalue weighted by Gasteiger charge is 2.34. The summed E-state index contributed by atoms with van der Waals surface area (Å²) < 4.78 is 25.8. The Bertz CT molecular complexity index is 1300. The smallest absolute Gasteiger partial charge is 0.256 e. The molecule has 3 aromatic rings. The molecule has 1 aliphatic carbocycles. The fourth-order valence-corrected chi connectivity index (χ4v) is 6.37. The van der Waals surface area contributed by atoms with Gasteiger partial charge in [-0.2, -0.15) is 5.10 Å². The number of carbonyl (C=O) groups excluding carboxylic acids is 1. The number of aryl methyl sites for hydroxylation is 1. The van der Waals surface area contributed by atoms with Gasteiger partial charge in [-0.15, -0.1) is 11.8 Å². The first-order valence-corrected chi connectivity index (χ1v) is 13.4. The lowest BCUT2D eigenvalue weighted by molar-refractivity contribution is 0.102. The number of amides is 1. The zero-order chi connectivity index (χ0) is 21.8. The Kier molecular flexibility index (Phi) is 5.05. The molecule has 2 aromatic heterocycles. The van der Waals surface area contributed by atoms with Crippen LogP contribution in [0.1, 0.15) is 53.0 Å². The molecule has 9 heteroatoms. The zero-order valence-electron chi connectivity index (χ0n) is 17.5. The van der Waals surface area contributed by atoms with Crippen molar-refractivity contribution >= 4 is 44.2 Å². The van der Waals surface area contributed by atoms with E-state index in [-0.39, 0.29) is 23.5 Å². The van der Waals surface area contributed by atoms with Crippen molar-refractivity contribution in [3.63, 3.8) is 0 Å². The number of aromatic nitrogens is 3. The first kappa shape index (κ1) is 20.5. The lowest BCUT2D eigenvalue weighted by atomic mass is 10.1. The number of fused-ring (bicyclic) bond motifs is 1. The summed E-state index contributed by atoms with van der Waals surface area (Å²) in [6.07, 6.45) is 4.63. The highest BCUT2D eigenvalue weighted by Crippen LogP contribution is 2.41. The van der Waals surface area contributed by atoms with Crippen molar-refractivity contribution in [1.29, 1.82) is 0 Å². The molecule has 0 bridgehead atoms. The number of anilines is 1. The van der Waals surface area contributed by atoms with E-state index in [1.807, 2.05) is 43.5 Å². The van der Waals surface area contributed by atoms with Gasteiger partial charge < -0.3 is 5.32 Å². The minimum atomic E-state index is -3.06. The number of hydrogen-bond donors (Lipinski definition) is 1. The largest absolute Gasteiger partial charge is 0.322 e. The highest BCUT2D eigenvalue weighted by molar-refractivity contribution is 7.98. The third kappa shape index (κ3) is 3.96. The van der Waals surface area contributed by atoms with Crippen LogP contribution >= 0.6 is 11.8 Å². The van der Waals surface area contributed by atoms with Gasteiger partial charge in [0.15, 0.2) is 15.5 Å². The highest BCUT2D eigenvalue weighted by atomic mass is 32.2. The molecule has 1 saturated carbocycles. The van der Waals surface area contributed by atoms with Gasteiger partial charge in [0.05, 0.1) is 34.2 Å². The summed E-state index contributed by atoms with van der Waals surface area (Å²) in [5.74, 6) is 0.391. The third-order valence-electron chi connectivity index (χ3n) is 5.98. The van der Waals surface area contributed by atoms with E-state index in [9.17, 15) is 13.2 Å². The first-order chi connectivity index (χ1) is 14.8. The van der Waals surface area contributed by atoms with Crippen LogP contribution in [0.25, 0.3) is 11.0 Å². The van der Waals surface area contributed by atoms with E-state index in [0.29, 0.717) is 34.6 Å². The number of benzene rings is 1. The number of rotatable bonds is 5. The van der Waals surface area contributed by atoms with Crippen molar-refractivity contribution in [2.24, 2.45) is 0 Å². The quantitative estimate of drug-likeness (QED) is 0.584. The SMILES string of the molecule is CSc1cccc(NC(=O)c2cc(C3CC3)nc3c2c(C)nn3[C@@H]2CCS(=O)(=O)C2)c1. The van der Waals surface area contributed by atoms with Crippen molar-refractivity contribution in [2.45, 2.75) is 43.0 Å². The van der Waals surface area contributed by atoms with Crippen LogP contribution in [0.15, 0.2) is 35.2 Å². The molecule has 1 N–H and O–H groups in total. The average Bonchev–Trinajstić information content (AvgIpc) is 3.46. The summed E-state index contributed by atoms with van der Waals surface area (Å²) in [4.78, 5) is 19.3. The average molecular weight is 457 g/mol. The van der Waals surface area contributed by atoms with Crippen LogP contribution in [-0.2, 0) is 9.84 Å². The predicted octanol–water partition coefficient (Wildman–Crippen LogP) is 3.95.